The van der Waals surface area contributed by atoms with E-state index < -0.39 is 32.0 Å². The summed E-state index contributed by atoms with van der Waals surface area (Å²) in [5.74, 6) is 1.34. The molecule has 0 spiro atoms. The minimum absolute atomic E-state index is 0.0532. The van der Waals surface area contributed by atoms with E-state index in [0.717, 1.165) is 59.6 Å². The Morgan fingerprint density at radius 1 is 0.582 bits per heavy atom. The molecule has 0 unspecified atom stereocenters. The SMILES string of the molecule is [2H]c1c([2H])c([2H])c(N2B(c3ccccc3)N(c3cccc(Oc4cccc(-n5[c](=[Pt])n(-c6c(-c7ccccc7)cc(C([2H])([2H])[2H])cc6-c6ccc(C(C)(C)C)cc6)c6ccccc65)c4)n3)c3ccccc32)c([2H])c1[2H]. The number of ether oxygens (including phenoxy) is 1. The molecule has 3 heterocycles. The molecule has 0 aliphatic carbocycles. The Hall–Kier alpha value is -7.47. The number of anilines is 4. The molecule has 2 aromatic heterocycles. The van der Waals surface area contributed by atoms with Crippen molar-refractivity contribution in [2.45, 2.75) is 33.0 Å². The van der Waals surface area contributed by atoms with Gasteiger partial charge in [0.15, 0.2) is 0 Å². The van der Waals surface area contributed by atoms with Crippen LogP contribution in [0.2, 0.25) is 0 Å². The van der Waals surface area contributed by atoms with Crippen LogP contribution >= 0.6 is 0 Å². The predicted octanol–water partition coefficient (Wildman–Crippen LogP) is 14.3. The van der Waals surface area contributed by atoms with E-state index in [1.165, 1.54) is 5.56 Å². The van der Waals surface area contributed by atoms with Crippen LogP contribution < -0.4 is 19.8 Å². The maximum atomic E-state index is 9.06. The van der Waals surface area contributed by atoms with E-state index in [9.17, 15) is 0 Å². The first-order valence-electron chi connectivity index (χ1n) is 26.1. The summed E-state index contributed by atoms with van der Waals surface area (Å²) in [6.07, 6.45) is 0. The van der Waals surface area contributed by atoms with Gasteiger partial charge in [0.2, 0.25) is 0 Å². The summed E-state index contributed by atoms with van der Waals surface area (Å²) < 4.78 is 81.5. The van der Waals surface area contributed by atoms with Gasteiger partial charge in [0.25, 0.3) is 0 Å². The molecule has 10 aromatic rings. The first-order chi connectivity index (χ1) is 36.0. The van der Waals surface area contributed by atoms with Crippen LogP contribution in [-0.4, -0.2) is 21.1 Å². The third-order valence-corrected chi connectivity index (χ3v) is 13.2. The Morgan fingerprint density at radius 2 is 1.19 bits per heavy atom. The van der Waals surface area contributed by atoms with E-state index in [1.54, 1.807) is 10.9 Å². The van der Waals surface area contributed by atoms with Gasteiger partial charge < -0.3 is 0 Å². The zero-order chi connectivity index (χ0) is 52.5. The van der Waals surface area contributed by atoms with Crippen LogP contribution in [-0.2, 0) is 24.8 Å². The van der Waals surface area contributed by atoms with Crippen molar-refractivity contribution in [1.29, 1.82) is 0 Å². The molecule has 0 bridgehead atoms. The summed E-state index contributed by atoms with van der Waals surface area (Å²) in [6, 6.07) is 58.8. The van der Waals surface area contributed by atoms with Crippen LogP contribution in [0.3, 0.4) is 0 Å². The van der Waals surface area contributed by atoms with Crippen LogP contribution in [0, 0.1) is 10.7 Å². The van der Waals surface area contributed by atoms with Crippen LogP contribution in [0.4, 0.5) is 22.9 Å². The smallest absolute Gasteiger partial charge is 0.0602 e. The number of pyridine rings is 1. The Balaban J connectivity index is 1.03. The van der Waals surface area contributed by atoms with Crippen LogP contribution in [0.1, 0.15) is 42.9 Å². The fraction of sp³-hybridized carbons (Fsp3) is 0.0847. The Kier molecular flexibility index (Phi) is 8.81. The van der Waals surface area contributed by atoms with E-state index in [0.29, 0.717) is 23.1 Å². The number of fused-ring (bicyclic) bond motifs is 2. The number of hydrogen-bond acceptors (Lipinski definition) is 4. The number of aromatic nitrogens is 3. The van der Waals surface area contributed by atoms with Gasteiger partial charge in [-0.3, -0.25) is 0 Å². The molecule has 0 fully saturated rings. The number of imidazole rings is 1. The average molecular weight is 1060 g/mol. The number of nitrogens with zero attached hydrogens (tertiary/aromatic N) is 5. The molecular formula is C59H48BN5OPt. The molecule has 328 valence electrons. The molecule has 8 aromatic carbocycles. The van der Waals surface area contributed by atoms with Crippen molar-refractivity contribution in [1.82, 2.24) is 14.1 Å². The molecular weight excluding hydrogens is 1000 g/mol. The summed E-state index contributed by atoms with van der Waals surface area (Å²) in [5, 5.41) is 0. The quantitative estimate of drug-likeness (QED) is 0.135. The molecule has 11 rings (SSSR count). The second-order valence-corrected chi connectivity index (χ2v) is 18.5. The molecule has 0 atom stereocenters. The van der Waals surface area contributed by atoms with E-state index >= 15 is 0 Å². The topological polar surface area (TPSA) is 38.5 Å². The number of rotatable bonds is 9. The van der Waals surface area contributed by atoms with Crippen molar-refractivity contribution in [3.8, 4) is 45.3 Å². The number of hydrogen-bond donors (Lipinski definition) is 0. The number of benzene rings is 8. The van der Waals surface area contributed by atoms with E-state index in [2.05, 4.69) is 85.7 Å². The normalized spacial score (nSPS) is 14.4. The maximum absolute atomic E-state index is 9.06. The van der Waals surface area contributed by atoms with E-state index in [-0.39, 0.29) is 28.8 Å². The molecule has 0 N–H and O–H groups in total. The van der Waals surface area contributed by atoms with Crippen molar-refractivity contribution in [3.63, 3.8) is 0 Å². The van der Waals surface area contributed by atoms with Gasteiger partial charge in [-0.1, -0.05) is 60.6 Å². The van der Waals surface area contributed by atoms with Gasteiger partial charge in [0.1, 0.15) is 0 Å². The van der Waals surface area contributed by atoms with Crippen LogP contribution in [0.5, 0.6) is 11.6 Å². The Bertz CT molecular complexity index is 3870. The summed E-state index contributed by atoms with van der Waals surface area (Å²) in [6.45, 7) is 3.46. The molecule has 1 aliphatic heterocycles. The second kappa shape index (κ2) is 17.4. The van der Waals surface area contributed by atoms with Crippen molar-refractivity contribution in [2.24, 2.45) is 0 Å². The molecule has 0 saturated carbocycles. The molecule has 8 heteroatoms. The third-order valence-electron chi connectivity index (χ3n) is 12.2. The summed E-state index contributed by atoms with van der Waals surface area (Å²) in [4.78, 5) is 8.91. The van der Waals surface area contributed by atoms with Crippen molar-refractivity contribution in [2.75, 3.05) is 9.62 Å². The average Bonchev–Trinajstić information content (AvgIpc) is 3.91. The number of para-hydroxylation sites is 5. The summed E-state index contributed by atoms with van der Waals surface area (Å²) in [5.41, 5.74) is 10.4. The standard InChI is InChI=1S/C59H48BN5O.Pt/c1-42-38-50(43-20-8-5-9-21-43)58(51(39-42)44-34-36-45(37-35-44)59(2,3)4)63-41-62(52-28-14-15-29-53(52)63)48-26-18-27-49(40-48)66-57-33-19-32-56(61-57)65-55-31-17-16-30-54(55)64(47-24-12-7-13-25-47)60(65)46-22-10-6-11-23-46;/h5-40H,1-4H3;/i1D3,7D,12D,13D,24D,25D;. The summed E-state index contributed by atoms with van der Waals surface area (Å²) in [7, 11) is 0. The molecule has 6 nitrogen and oxygen atoms in total. The molecule has 1 aliphatic rings. The van der Waals surface area contributed by atoms with Crippen molar-refractivity contribution in [3.05, 3.63) is 233 Å². The molecule has 0 amide bonds. The van der Waals surface area contributed by atoms with Gasteiger partial charge in [0.05, 0.1) is 6.85 Å². The first kappa shape index (κ1) is 33.9. The predicted molar refractivity (Wildman–Crippen MR) is 273 cm³/mol. The van der Waals surface area contributed by atoms with Gasteiger partial charge in [0, 0.05) is 5.69 Å². The Labute approximate surface area is 414 Å². The molecule has 0 saturated heterocycles. The zero-order valence-electron chi connectivity index (χ0n) is 44.9. The van der Waals surface area contributed by atoms with Crippen molar-refractivity contribution >= 4 is 46.4 Å². The second-order valence-electron chi connectivity index (χ2n) is 17.4. The van der Waals surface area contributed by atoms with Crippen molar-refractivity contribution < 1.29 is 35.1 Å². The fourth-order valence-electron chi connectivity index (χ4n) is 9.08. The van der Waals surface area contributed by atoms with Crippen LogP contribution in [0.15, 0.2) is 218 Å². The first-order valence-corrected chi connectivity index (χ1v) is 23.2. The van der Waals surface area contributed by atoms with Gasteiger partial charge in [-0.15, -0.1) is 0 Å². The van der Waals surface area contributed by atoms with Gasteiger partial charge in [-0.2, -0.15) is 0 Å². The Morgan fingerprint density at radius 3 is 1.88 bits per heavy atom. The van der Waals surface area contributed by atoms with Gasteiger partial charge in [-0.05, 0) is 18.2 Å². The van der Waals surface area contributed by atoms with E-state index in [4.69, 9.17) is 20.7 Å². The minimum atomic E-state index is -2.37. The van der Waals surface area contributed by atoms with Gasteiger partial charge in [-0.25, -0.2) is 0 Å². The fourth-order valence-corrected chi connectivity index (χ4v) is 10.2. The van der Waals surface area contributed by atoms with Crippen LogP contribution in [0.25, 0.3) is 44.7 Å². The van der Waals surface area contributed by atoms with Gasteiger partial charge >= 0.3 is 325 Å². The summed E-state index contributed by atoms with van der Waals surface area (Å²) >= 11 is 2.37. The third kappa shape index (κ3) is 7.83. The van der Waals surface area contributed by atoms with E-state index in [1.807, 2.05) is 150 Å². The number of aryl methyl sites for hydroxylation is 1. The monoisotopic (exact) mass is 1060 g/mol. The zero-order valence-corrected chi connectivity index (χ0v) is 39.2. The minimum Gasteiger partial charge on any atom is -0.0602 e. The molecule has 67 heavy (non-hydrogen) atoms. The molecule has 0 radical (unpaired) electrons.